The Labute approximate surface area is 124 Å². The summed E-state index contributed by atoms with van der Waals surface area (Å²) in [5.74, 6) is 9.96. The minimum atomic E-state index is 0.378. The lowest BCUT2D eigenvalue weighted by Crippen LogP contribution is -2.35. The zero-order valence-electron chi connectivity index (χ0n) is 11.7. The van der Waals surface area contributed by atoms with Gasteiger partial charge in [0, 0.05) is 15.5 Å². The maximum absolute atomic E-state index is 5.89. The van der Waals surface area contributed by atoms with Crippen molar-refractivity contribution in [3.8, 4) is 0 Å². The summed E-state index contributed by atoms with van der Waals surface area (Å²) in [6, 6.07) is 2.80. The summed E-state index contributed by atoms with van der Waals surface area (Å²) in [6.45, 7) is 2.38. The lowest BCUT2D eigenvalue weighted by Gasteiger charge is -2.32. The number of rotatable bonds is 3. The number of hydrazine groups is 1. The summed E-state index contributed by atoms with van der Waals surface area (Å²) < 4.78 is 0. The topological polar surface area (TPSA) is 38.0 Å². The molecule has 4 heteroatoms. The van der Waals surface area contributed by atoms with Crippen molar-refractivity contribution in [2.75, 3.05) is 5.75 Å². The van der Waals surface area contributed by atoms with Gasteiger partial charge in [-0.3, -0.25) is 11.3 Å². The van der Waals surface area contributed by atoms with E-state index in [-0.39, 0.29) is 0 Å². The molecule has 2 nitrogen and oxygen atoms in total. The van der Waals surface area contributed by atoms with Crippen LogP contribution in [0.15, 0.2) is 6.07 Å². The maximum atomic E-state index is 5.89. The third kappa shape index (κ3) is 3.02. The summed E-state index contributed by atoms with van der Waals surface area (Å²) in [5, 5.41) is 0. The fourth-order valence-corrected chi connectivity index (χ4v) is 6.09. The number of hydrogen-bond acceptors (Lipinski definition) is 4. The van der Waals surface area contributed by atoms with Gasteiger partial charge in [-0.15, -0.1) is 11.3 Å². The molecule has 0 amide bonds. The van der Waals surface area contributed by atoms with Crippen molar-refractivity contribution >= 4 is 23.1 Å². The van der Waals surface area contributed by atoms with Gasteiger partial charge in [0.05, 0.1) is 6.04 Å². The molecule has 106 valence electrons. The zero-order valence-corrected chi connectivity index (χ0v) is 13.3. The smallest absolute Gasteiger partial charge is 0.0581 e. The van der Waals surface area contributed by atoms with Crippen LogP contribution in [0.1, 0.15) is 54.0 Å². The van der Waals surface area contributed by atoms with Gasteiger partial charge in [-0.25, -0.2) is 0 Å². The van der Waals surface area contributed by atoms with E-state index in [4.69, 9.17) is 5.84 Å². The third-order valence-electron chi connectivity index (χ3n) is 4.58. The highest BCUT2D eigenvalue weighted by atomic mass is 32.2. The zero-order chi connectivity index (χ0) is 13.2. The van der Waals surface area contributed by atoms with E-state index >= 15 is 0 Å². The molecule has 3 N–H and O–H groups in total. The Morgan fingerprint density at radius 3 is 3.05 bits per heavy atom. The molecule has 0 radical (unpaired) electrons. The molecule has 19 heavy (non-hydrogen) atoms. The molecule has 1 fully saturated rings. The van der Waals surface area contributed by atoms with Gasteiger partial charge in [0.15, 0.2) is 0 Å². The average Bonchev–Trinajstić information content (AvgIpc) is 2.83. The molecule has 2 heterocycles. The third-order valence-corrected chi connectivity index (χ3v) is 6.91. The molecule has 1 aromatic heterocycles. The number of hydrogen-bond donors (Lipinski definition) is 2. The van der Waals surface area contributed by atoms with Gasteiger partial charge in [-0.05, 0) is 48.5 Å². The van der Waals surface area contributed by atoms with E-state index in [1.165, 1.54) is 48.5 Å². The normalized spacial score (nSPS) is 28.9. The molecule has 0 bridgehead atoms. The van der Waals surface area contributed by atoms with Crippen LogP contribution in [0.3, 0.4) is 0 Å². The first-order chi connectivity index (χ1) is 9.28. The van der Waals surface area contributed by atoms with E-state index in [0.717, 1.165) is 11.8 Å². The van der Waals surface area contributed by atoms with E-state index in [0.29, 0.717) is 6.04 Å². The van der Waals surface area contributed by atoms with Crippen LogP contribution in [0, 0.1) is 11.8 Å². The average molecular weight is 297 g/mol. The molecule has 2 aliphatic rings. The molecule has 0 aromatic carbocycles. The predicted octanol–water partition coefficient (Wildman–Crippen LogP) is 3.87. The summed E-state index contributed by atoms with van der Waals surface area (Å²) in [7, 11) is 0. The Hall–Kier alpha value is -0.0300. The molecule has 3 unspecified atom stereocenters. The Kier molecular flexibility index (Phi) is 4.52. The van der Waals surface area contributed by atoms with Gasteiger partial charge in [0.2, 0.25) is 0 Å². The Bertz CT molecular complexity index is 406. The minimum absolute atomic E-state index is 0.378. The standard InChI is InChI=1S/C15H24N2S2/c1-10-3-2-4-11(7-10)15(17-16)14-8-12-9-18-6-5-13(12)19-14/h8,10-11,15,17H,2-7,9,16H2,1H3. The van der Waals surface area contributed by atoms with Gasteiger partial charge in [0.1, 0.15) is 0 Å². The number of nitrogens with two attached hydrogens (primary N) is 1. The van der Waals surface area contributed by atoms with Crippen LogP contribution in [0.2, 0.25) is 0 Å². The molecular weight excluding hydrogens is 272 g/mol. The van der Waals surface area contributed by atoms with Crippen molar-refractivity contribution in [2.24, 2.45) is 17.7 Å². The van der Waals surface area contributed by atoms with Crippen molar-refractivity contribution in [2.45, 2.75) is 50.8 Å². The van der Waals surface area contributed by atoms with Crippen LogP contribution in [0.25, 0.3) is 0 Å². The molecule has 1 aliphatic heterocycles. The lowest BCUT2D eigenvalue weighted by atomic mass is 9.78. The van der Waals surface area contributed by atoms with E-state index in [1.807, 2.05) is 11.3 Å². The Morgan fingerprint density at radius 2 is 2.32 bits per heavy atom. The highest BCUT2D eigenvalue weighted by Gasteiger charge is 2.29. The van der Waals surface area contributed by atoms with Crippen molar-refractivity contribution in [1.29, 1.82) is 0 Å². The second kappa shape index (κ2) is 6.17. The summed E-state index contributed by atoms with van der Waals surface area (Å²) in [5.41, 5.74) is 4.69. The Morgan fingerprint density at radius 1 is 1.42 bits per heavy atom. The molecule has 3 rings (SSSR count). The molecule has 1 aliphatic carbocycles. The van der Waals surface area contributed by atoms with E-state index < -0.39 is 0 Å². The summed E-state index contributed by atoms with van der Waals surface area (Å²) in [6.07, 6.45) is 6.67. The molecule has 1 saturated carbocycles. The predicted molar refractivity (Wildman–Crippen MR) is 85.4 cm³/mol. The largest absolute Gasteiger partial charge is 0.271 e. The molecule has 1 aromatic rings. The number of thiophene rings is 1. The van der Waals surface area contributed by atoms with Crippen LogP contribution in [-0.2, 0) is 12.2 Å². The Balaban J connectivity index is 1.79. The first kappa shape index (κ1) is 13.9. The van der Waals surface area contributed by atoms with Gasteiger partial charge < -0.3 is 0 Å². The van der Waals surface area contributed by atoms with Crippen molar-refractivity contribution in [3.05, 3.63) is 21.4 Å². The second-order valence-electron chi connectivity index (χ2n) is 6.08. The van der Waals surface area contributed by atoms with E-state index in [2.05, 4.69) is 30.2 Å². The highest BCUT2D eigenvalue weighted by Crippen LogP contribution is 2.41. The van der Waals surface area contributed by atoms with Crippen molar-refractivity contribution in [1.82, 2.24) is 5.43 Å². The van der Waals surface area contributed by atoms with E-state index in [1.54, 1.807) is 10.4 Å². The van der Waals surface area contributed by atoms with Crippen LogP contribution < -0.4 is 11.3 Å². The fourth-order valence-electron chi connectivity index (χ4n) is 3.56. The first-order valence-corrected chi connectivity index (χ1v) is 9.40. The van der Waals surface area contributed by atoms with Gasteiger partial charge in [-0.1, -0.05) is 19.8 Å². The number of fused-ring (bicyclic) bond motifs is 1. The molecular formula is C15H24N2S2. The van der Waals surface area contributed by atoms with Crippen molar-refractivity contribution < 1.29 is 0 Å². The highest BCUT2D eigenvalue weighted by molar-refractivity contribution is 7.98. The van der Waals surface area contributed by atoms with Gasteiger partial charge in [-0.2, -0.15) is 11.8 Å². The van der Waals surface area contributed by atoms with Crippen LogP contribution in [-0.4, -0.2) is 5.75 Å². The van der Waals surface area contributed by atoms with E-state index in [9.17, 15) is 0 Å². The molecule has 3 atom stereocenters. The number of aryl methyl sites for hydroxylation is 1. The lowest BCUT2D eigenvalue weighted by molar-refractivity contribution is 0.226. The minimum Gasteiger partial charge on any atom is -0.271 e. The first-order valence-electron chi connectivity index (χ1n) is 7.43. The molecule has 0 saturated heterocycles. The summed E-state index contributed by atoms with van der Waals surface area (Å²) in [4.78, 5) is 3.09. The monoisotopic (exact) mass is 296 g/mol. The molecule has 0 spiro atoms. The quantitative estimate of drug-likeness (QED) is 0.657. The maximum Gasteiger partial charge on any atom is 0.0581 e. The summed E-state index contributed by atoms with van der Waals surface area (Å²) >= 11 is 4.07. The number of thioether (sulfide) groups is 1. The van der Waals surface area contributed by atoms with Gasteiger partial charge in [0.25, 0.3) is 0 Å². The van der Waals surface area contributed by atoms with Crippen LogP contribution >= 0.6 is 23.1 Å². The fraction of sp³-hybridized carbons (Fsp3) is 0.733. The SMILES string of the molecule is CC1CCCC(C(NN)c2cc3c(s2)CCSC3)C1. The van der Waals surface area contributed by atoms with Crippen LogP contribution in [0.5, 0.6) is 0 Å². The van der Waals surface area contributed by atoms with Crippen molar-refractivity contribution in [3.63, 3.8) is 0 Å². The number of nitrogens with one attached hydrogen (secondary N) is 1. The second-order valence-corrected chi connectivity index (χ2v) is 8.35. The van der Waals surface area contributed by atoms with Gasteiger partial charge >= 0.3 is 0 Å². The van der Waals surface area contributed by atoms with Crippen LogP contribution in [0.4, 0.5) is 0 Å².